The summed E-state index contributed by atoms with van der Waals surface area (Å²) in [5.41, 5.74) is 1.79. The van der Waals surface area contributed by atoms with E-state index in [0.29, 0.717) is 6.42 Å². The van der Waals surface area contributed by atoms with Crippen molar-refractivity contribution in [3.05, 3.63) is 99.6 Å². The highest BCUT2D eigenvalue weighted by atomic mass is 16.4. The minimum Gasteiger partial charge on any atom is -0.478 e. The summed E-state index contributed by atoms with van der Waals surface area (Å²) in [6.45, 7) is 2.16. The zero-order valence-electron chi connectivity index (χ0n) is 21.9. The number of fused-ring (bicyclic) bond motifs is 1. The third-order valence-corrected chi connectivity index (χ3v) is 7.81. The topological polar surface area (TPSA) is 135 Å². The first-order valence-electron chi connectivity index (χ1n) is 13.3. The molecule has 1 saturated heterocycles. The molecule has 1 atom stereocenters. The third kappa shape index (κ3) is 5.27. The standard InChI is InChI=1S/C31H30N2O7/c34-28(23-16-25(30(37)38)26(31(39)40)17-24(23)29(35)36)33(27-9-5-7-20-6-1-2-8-22(20)27)18-19-10-12-21(13-11-19)32-14-3-4-15-32/h1-2,6,8,10-13,16-17,27H,3-5,7,9,14-15,18H2,(H,35,36)(H,37,38)(H,39,40)/t27-/m0/s1. The maximum absolute atomic E-state index is 14.2. The van der Waals surface area contributed by atoms with Crippen molar-refractivity contribution in [2.24, 2.45) is 0 Å². The monoisotopic (exact) mass is 542 g/mol. The predicted molar refractivity (Wildman–Crippen MR) is 147 cm³/mol. The molecule has 0 radical (unpaired) electrons. The first-order chi connectivity index (χ1) is 19.2. The van der Waals surface area contributed by atoms with Gasteiger partial charge in [0.1, 0.15) is 0 Å². The molecule has 2 aliphatic rings. The largest absolute Gasteiger partial charge is 0.478 e. The molecule has 1 heterocycles. The van der Waals surface area contributed by atoms with Crippen LogP contribution in [-0.2, 0) is 13.0 Å². The van der Waals surface area contributed by atoms with Crippen molar-refractivity contribution < 1.29 is 34.5 Å². The summed E-state index contributed by atoms with van der Waals surface area (Å²) in [6.07, 6.45) is 4.63. The fourth-order valence-corrected chi connectivity index (χ4v) is 5.82. The molecule has 3 aromatic rings. The van der Waals surface area contributed by atoms with Gasteiger partial charge in [0.05, 0.1) is 28.3 Å². The molecule has 3 aromatic carbocycles. The van der Waals surface area contributed by atoms with Crippen LogP contribution in [0.1, 0.15) is 89.8 Å². The van der Waals surface area contributed by atoms with E-state index in [9.17, 15) is 34.5 Å². The highest BCUT2D eigenvalue weighted by Crippen LogP contribution is 2.37. The lowest BCUT2D eigenvalue weighted by Crippen LogP contribution is -2.37. The minimum absolute atomic E-state index is 0.167. The number of carbonyl (C=O) groups is 4. The lowest BCUT2D eigenvalue weighted by Gasteiger charge is -2.36. The average molecular weight is 543 g/mol. The molecule has 9 nitrogen and oxygen atoms in total. The first-order valence-corrected chi connectivity index (χ1v) is 13.3. The maximum atomic E-state index is 14.2. The molecule has 1 aliphatic carbocycles. The third-order valence-electron chi connectivity index (χ3n) is 7.81. The number of aromatic carboxylic acids is 3. The molecule has 0 unspecified atom stereocenters. The van der Waals surface area contributed by atoms with Crippen LogP contribution in [0.2, 0.25) is 0 Å². The van der Waals surface area contributed by atoms with E-state index in [1.54, 1.807) is 4.90 Å². The van der Waals surface area contributed by atoms with E-state index in [1.807, 2.05) is 48.5 Å². The molecule has 206 valence electrons. The first kappa shape index (κ1) is 26.9. The van der Waals surface area contributed by atoms with Crippen molar-refractivity contribution in [3.63, 3.8) is 0 Å². The fourth-order valence-electron chi connectivity index (χ4n) is 5.82. The normalized spacial score (nSPS) is 16.3. The van der Waals surface area contributed by atoms with Crippen LogP contribution in [0.4, 0.5) is 5.69 Å². The summed E-state index contributed by atoms with van der Waals surface area (Å²) in [5, 5.41) is 29.1. The van der Waals surface area contributed by atoms with Crippen LogP contribution in [-0.4, -0.2) is 57.1 Å². The quantitative estimate of drug-likeness (QED) is 0.358. The van der Waals surface area contributed by atoms with Gasteiger partial charge in [0, 0.05) is 25.3 Å². The van der Waals surface area contributed by atoms with Gasteiger partial charge in [-0.15, -0.1) is 0 Å². The number of anilines is 1. The Balaban J connectivity index is 1.59. The maximum Gasteiger partial charge on any atom is 0.336 e. The van der Waals surface area contributed by atoms with Crippen molar-refractivity contribution in [2.45, 2.75) is 44.7 Å². The van der Waals surface area contributed by atoms with Gasteiger partial charge in [0.2, 0.25) is 0 Å². The number of rotatable bonds is 8. The Hall–Kier alpha value is -4.66. The van der Waals surface area contributed by atoms with Gasteiger partial charge in [0.15, 0.2) is 0 Å². The molecule has 9 heteroatoms. The van der Waals surface area contributed by atoms with Gasteiger partial charge in [-0.25, -0.2) is 14.4 Å². The smallest absolute Gasteiger partial charge is 0.336 e. The van der Waals surface area contributed by atoms with Crippen molar-refractivity contribution in [3.8, 4) is 0 Å². The summed E-state index contributed by atoms with van der Waals surface area (Å²) < 4.78 is 0. The van der Waals surface area contributed by atoms with Gasteiger partial charge in [-0.1, -0.05) is 36.4 Å². The van der Waals surface area contributed by atoms with Gasteiger partial charge >= 0.3 is 17.9 Å². The summed E-state index contributed by atoms with van der Waals surface area (Å²) in [6, 6.07) is 17.0. The number of amides is 1. The number of carbonyl (C=O) groups excluding carboxylic acids is 1. The molecule has 1 amide bonds. The Labute approximate surface area is 231 Å². The Morgan fingerprint density at radius 1 is 0.750 bits per heavy atom. The summed E-state index contributed by atoms with van der Waals surface area (Å²) in [5.74, 6) is -5.32. The van der Waals surface area contributed by atoms with Crippen LogP contribution >= 0.6 is 0 Å². The minimum atomic E-state index is -1.59. The summed E-state index contributed by atoms with van der Waals surface area (Å²) >= 11 is 0. The van der Waals surface area contributed by atoms with E-state index in [4.69, 9.17) is 0 Å². The summed E-state index contributed by atoms with van der Waals surface area (Å²) in [4.78, 5) is 53.9. The van der Waals surface area contributed by atoms with E-state index in [1.165, 1.54) is 0 Å². The molecule has 0 aromatic heterocycles. The van der Waals surface area contributed by atoms with E-state index < -0.39 is 40.5 Å². The molecule has 40 heavy (non-hydrogen) atoms. The fraction of sp³-hybridized carbons (Fsp3) is 0.290. The average Bonchev–Trinajstić information content (AvgIpc) is 3.50. The Bertz CT molecular complexity index is 1480. The Kier molecular flexibility index (Phi) is 7.55. The van der Waals surface area contributed by atoms with Crippen molar-refractivity contribution >= 4 is 29.5 Å². The molecule has 1 fully saturated rings. The van der Waals surface area contributed by atoms with Crippen LogP contribution in [0.3, 0.4) is 0 Å². The van der Waals surface area contributed by atoms with E-state index in [2.05, 4.69) is 4.90 Å². The van der Waals surface area contributed by atoms with Crippen molar-refractivity contribution in [1.29, 1.82) is 0 Å². The van der Waals surface area contributed by atoms with Crippen LogP contribution in [0.5, 0.6) is 0 Å². The highest BCUT2D eigenvalue weighted by molar-refractivity contribution is 6.10. The number of nitrogens with zero attached hydrogens (tertiary/aromatic N) is 2. The molecule has 5 rings (SSSR count). The zero-order chi connectivity index (χ0) is 28.4. The van der Waals surface area contributed by atoms with E-state index in [-0.39, 0.29) is 18.2 Å². The molecule has 0 saturated carbocycles. The highest BCUT2D eigenvalue weighted by Gasteiger charge is 2.33. The van der Waals surface area contributed by atoms with Crippen LogP contribution < -0.4 is 4.90 Å². The summed E-state index contributed by atoms with van der Waals surface area (Å²) in [7, 11) is 0. The second-order valence-corrected chi connectivity index (χ2v) is 10.3. The SMILES string of the molecule is O=C(O)c1cc(C(=O)O)c(C(=O)N(Cc2ccc(N3CCCC3)cc2)[C@H]2CCCc3ccccc32)cc1C(=O)O. The molecule has 1 aliphatic heterocycles. The number of carboxylic acid groups (broad SMARTS) is 3. The van der Waals surface area contributed by atoms with E-state index in [0.717, 1.165) is 73.3 Å². The second-order valence-electron chi connectivity index (χ2n) is 10.3. The van der Waals surface area contributed by atoms with Gasteiger partial charge in [-0.3, -0.25) is 4.79 Å². The number of hydrogen-bond donors (Lipinski definition) is 3. The number of carboxylic acids is 3. The van der Waals surface area contributed by atoms with Crippen molar-refractivity contribution in [1.82, 2.24) is 4.90 Å². The Morgan fingerprint density at radius 3 is 1.95 bits per heavy atom. The van der Waals surface area contributed by atoms with Gasteiger partial charge in [-0.05, 0) is 73.1 Å². The van der Waals surface area contributed by atoms with Crippen LogP contribution in [0, 0.1) is 0 Å². The molecule has 3 N–H and O–H groups in total. The predicted octanol–water partition coefficient (Wildman–Crippen LogP) is 5.10. The number of aryl methyl sites for hydroxylation is 1. The molecular weight excluding hydrogens is 512 g/mol. The second kappa shape index (κ2) is 11.2. The van der Waals surface area contributed by atoms with Gasteiger partial charge in [0.25, 0.3) is 5.91 Å². The van der Waals surface area contributed by atoms with E-state index >= 15 is 0 Å². The van der Waals surface area contributed by atoms with Crippen LogP contribution in [0.15, 0.2) is 60.7 Å². The zero-order valence-corrected chi connectivity index (χ0v) is 21.9. The van der Waals surface area contributed by atoms with Gasteiger partial charge < -0.3 is 25.1 Å². The number of hydrogen-bond acceptors (Lipinski definition) is 5. The number of benzene rings is 3. The van der Waals surface area contributed by atoms with Gasteiger partial charge in [-0.2, -0.15) is 0 Å². The molecular formula is C31H30N2O7. The Morgan fingerprint density at radius 2 is 1.32 bits per heavy atom. The van der Waals surface area contributed by atoms with Crippen LogP contribution in [0.25, 0.3) is 0 Å². The molecule has 0 bridgehead atoms. The lowest BCUT2D eigenvalue weighted by atomic mass is 9.86. The van der Waals surface area contributed by atoms with Crippen molar-refractivity contribution in [2.75, 3.05) is 18.0 Å². The molecule has 0 spiro atoms. The lowest BCUT2D eigenvalue weighted by molar-refractivity contribution is 0.0611.